The lowest BCUT2D eigenvalue weighted by atomic mass is 9.82. The highest BCUT2D eigenvalue weighted by atomic mass is 16.5. The third-order valence-electron chi connectivity index (χ3n) is 4.41. The van der Waals surface area contributed by atoms with Crippen LogP contribution in [-0.2, 0) is 4.74 Å². The molecule has 1 saturated heterocycles. The second-order valence-corrected chi connectivity index (χ2v) is 6.25. The fourth-order valence-electron chi connectivity index (χ4n) is 3.03. The molecule has 1 amide bonds. The van der Waals surface area contributed by atoms with E-state index in [4.69, 9.17) is 4.74 Å². The van der Waals surface area contributed by atoms with Crippen LogP contribution in [0.5, 0.6) is 0 Å². The van der Waals surface area contributed by atoms with E-state index in [9.17, 15) is 15.0 Å². The zero-order valence-corrected chi connectivity index (χ0v) is 13.9. The van der Waals surface area contributed by atoms with E-state index < -0.39 is 23.7 Å². The highest BCUT2D eigenvalue weighted by Gasteiger charge is 2.47. The van der Waals surface area contributed by atoms with Crippen molar-refractivity contribution in [3.63, 3.8) is 0 Å². The maximum atomic E-state index is 12.1. The number of aromatic nitrogens is 2. The minimum atomic E-state index is -1.51. The van der Waals surface area contributed by atoms with Gasteiger partial charge in [0.2, 0.25) is 5.82 Å². The van der Waals surface area contributed by atoms with E-state index in [0.717, 1.165) is 5.56 Å². The molecule has 0 radical (unpaired) electrons. The number of amides is 1. The number of ether oxygens (including phenoxy) is 1. The van der Waals surface area contributed by atoms with Crippen molar-refractivity contribution in [1.82, 2.24) is 15.3 Å². The molecule has 0 unspecified atom stereocenters. The van der Waals surface area contributed by atoms with Gasteiger partial charge in [0.25, 0.3) is 5.91 Å². The van der Waals surface area contributed by atoms with E-state index in [2.05, 4.69) is 15.3 Å². The first-order chi connectivity index (χ1) is 12.0. The van der Waals surface area contributed by atoms with Crippen LogP contribution in [-0.4, -0.2) is 50.4 Å². The first-order valence-electron chi connectivity index (χ1n) is 8.16. The summed E-state index contributed by atoms with van der Waals surface area (Å²) in [6.07, 6.45) is 1.03. The molecule has 2 aromatic rings. The highest BCUT2D eigenvalue weighted by molar-refractivity contribution is 5.90. The summed E-state index contributed by atoms with van der Waals surface area (Å²) in [6.45, 7) is 1.58. The molecular formula is C18H21N3O4. The van der Waals surface area contributed by atoms with Crippen LogP contribution in [0.1, 0.15) is 35.6 Å². The average Bonchev–Trinajstić information content (AvgIpc) is 2.65. The van der Waals surface area contributed by atoms with Crippen LogP contribution in [0.2, 0.25) is 0 Å². The minimum absolute atomic E-state index is 0.0142. The first kappa shape index (κ1) is 17.5. The Morgan fingerprint density at radius 1 is 1.28 bits per heavy atom. The normalized spacial score (nSPS) is 29.2. The van der Waals surface area contributed by atoms with Gasteiger partial charge in [-0.25, -0.2) is 9.97 Å². The largest absolute Gasteiger partial charge is 0.387 e. The van der Waals surface area contributed by atoms with E-state index in [0.29, 0.717) is 0 Å². The Bertz CT molecular complexity index is 713. The molecule has 7 nitrogen and oxygen atoms in total. The van der Waals surface area contributed by atoms with Crippen molar-refractivity contribution in [2.24, 2.45) is 0 Å². The van der Waals surface area contributed by atoms with E-state index >= 15 is 0 Å². The van der Waals surface area contributed by atoms with Gasteiger partial charge in [-0.3, -0.25) is 4.79 Å². The lowest BCUT2D eigenvalue weighted by Crippen LogP contribution is -2.59. The summed E-state index contributed by atoms with van der Waals surface area (Å²) in [4.78, 5) is 19.8. The summed E-state index contributed by atoms with van der Waals surface area (Å²) in [5, 5.41) is 23.9. The third-order valence-corrected chi connectivity index (χ3v) is 4.41. The SMILES string of the molecule is C[C@H]1O[C@@H](c2ccccc2)C[C@@](O)(CNC(=O)c2ncccn2)[C@@H]1O. The molecule has 1 aliphatic heterocycles. The molecular weight excluding hydrogens is 322 g/mol. The van der Waals surface area contributed by atoms with Gasteiger partial charge < -0.3 is 20.3 Å². The number of hydrogen-bond acceptors (Lipinski definition) is 6. The molecule has 4 atom stereocenters. The van der Waals surface area contributed by atoms with E-state index in [1.807, 2.05) is 30.3 Å². The first-order valence-corrected chi connectivity index (χ1v) is 8.16. The van der Waals surface area contributed by atoms with Gasteiger partial charge in [-0.15, -0.1) is 0 Å². The Morgan fingerprint density at radius 2 is 1.96 bits per heavy atom. The topological polar surface area (TPSA) is 105 Å². The van der Waals surface area contributed by atoms with Crippen LogP contribution in [0.3, 0.4) is 0 Å². The third kappa shape index (κ3) is 3.84. The highest BCUT2D eigenvalue weighted by Crippen LogP contribution is 2.37. The van der Waals surface area contributed by atoms with Crippen LogP contribution >= 0.6 is 0 Å². The van der Waals surface area contributed by atoms with Gasteiger partial charge in [-0.2, -0.15) is 0 Å². The predicted octanol–water partition coefficient (Wildman–Crippen LogP) is 0.849. The quantitative estimate of drug-likeness (QED) is 0.760. The van der Waals surface area contributed by atoms with Crippen molar-refractivity contribution < 1.29 is 19.7 Å². The molecule has 25 heavy (non-hydrogen) atoms. The van der Waals surface area contributed by atoms with Crippen molar-refractivity contribution in [3.8, 4) is 0 Å². The van der Waals surface area contributed by atoms with E-state index in [-0.39, 0.29) is 24.9 Å². The predicted molar refractivity (Wildman–Crippen MR) is 89.7 cm³/mol. The van der Waals surface area contributed by atoms with Gasteiger partial charge in [0, 0.05) is 25.4 Å². The molecule has 2 heterocycles. The molecule has 0 saturated carbocycles. The molecule has 132 valence electrons. The molecule has 3 rings (SSSR count). The Balaban J connectivity index is 1.72. The maximum absolute atomic E-state index is 12.1. The Labute approximate surface area is 145 Å². The summed E-state index contributed by atoms with van der Waals surface area (Å²) >= 11 is 0. The van der Waals surface area contributed by atoms with Crippen molar-refractivity contribution in [3.05, 3.63) is 60.2 Å². The molecule has 1 aromatic heterocycles. The smallest absolute Gasteiger partial charge is 0.289 e. The summed E-state index contributed by atoms with van der Waals surface area (Å²) in [6, 6.07) is 11.1. The van der Waals surface area contributed by atoms with Gasteiger partial charge >= 0.3 is 0 Å². The summed E-state index contributed by atoms with van der Waals surface area (Å²) in [5.41, 5.74) is -0.597. The second kappa shape index (κ2) is 7.26. The lowest BCUT2D eigenvalue weighted by Gasteiger charge is -2.44. The average molecular weight is 343 g/mol. The molecule has 1 fully saturated rings. The number of carbonyl (C=O) groups excluding carboxylic acids is 1. The zero-order valence-electron chi connectivity index (χ0n) is 13.9. The standard InChI is InChI=1S/C18H21N3O4/c1-12-15(22)18(24,10-14(25-12)13-6-3-2-4-7-13)11-21-17(23)16-19-8-5-9-20-16/h2-9,12,14-15,22,24H,10-11H2,1H3,(H,21,23)/t12-,14-,15-,18-/m1/s1. The van der Waals surface area contributed by atoms with Crippen molar-refractivity contribution in [2.75, 3.05) is 6.54 Å². The minimum Gasteiger partial charge on any atom is -0.387 e. The van der Waals surface area contributed by atoms with Gasteiger partial charge in [-0.1, -0.05) is 30.3 Å². The van der Waals surface area contributed by atoms with Crippen LogP contribution in [0, 0.1) is 0 Å². The fraction of sp³-hybridized carbons (Fsp3) is 0.389. The fourth-order valence-corrected chi connectivity index (χ4v) is 3.03. The molecule has 0 bridgehead atoms. The number of aliphatic hydroxyl groups is 2. The van der Waals surface area contributed by atoms with Gasteiger partial charge in [0.1, 0.15) is 11.7 Å². The maximum Gasteiger partial charge on any atom is 0.289 e. The zero-order chi connectivity index (χ0) is 17.9. The van der Waals surface area contributed by atoms with Gasteiger partial charge in [0.05, 0.1) is 12.2 Å². The monoisotopic (exact) mass is 343 g/mol. The Hall–Kier alpha value is -2.35. The second-order valence-electron chi connectivity index (χ2n) is 6.25. The molecule has 0 spiro atoms. The number of rotatable bonds is 4. The number of aliphatic hydroxyl groups excluding tert-OH is 1. The van der Waals surface area contributed by atoms with Crippen LogP contribution in [0.25, 0.3) is 0 Å². The Morgan fingerprint density at radius 3 is 2.64 bits per heavy atom. The van der Waals surface area contributed by atoms with Crippen molar-refractivity contribution >= 4 is 5.91 Å². The number of nitrogens with zero attached hydrogens (tertiary/aromatic N) is 2. The number of hydrogen-bond donors (Lipinski definition) is 3. The van der Waals surface area contributed by atoms with Crippen molar-refractivity contribution in [1.29, 1.82) is 0 Å². The number of carbonyl (C=O) groups is 1. The lowest BCUT2D eigenvalue weighted by molar-refractivity contribution is -0.210. The van der Waals surface area contributed by atoms with Crippen LogP contribution < -0.4 is 5.32 Å². The molecule has 3 N–H and O–H groups in total. The Kier molecular flexibility index (Phi) is 5.08. The number of benzene rings is 1. The summed E-state index contributed by atoms with van der Waals surface area (Å²) in [5.74, 6) is -0.489. The number of nitrogens with one attached hydrogen (secondary N) is 1. The molecule has 7 heteroatoms. The van der Waals surface area contributed by atoms with E-state index in [1.54, 1.807) is 13.0 Å². The van der Waals surface area contributed by atoms with Crippen LogP contribution in [0.15, 0.2) is 48.8 Å². The summed E-state index contributed by atoms with van der Waals surface area (Å²) in [7, 11) is 0. The summed E-state index contributed by atoms with van der Waals surface area (Å²) < 4.78 is 5.82. The molecule has 0 aliphatic carbocycles. The molecule has 1 aromatic carbocycles. The van der Waals surface area contributed by atoms with Gasteiger partial charge in [-0.05, 0) is 18.6 Å². The van der Waals surface area contributed by atoms with Crippen molar-refractivity contribution in [2.45, 2.75) is 37.3 Å². The van der Waals surface area contributed by atoms with Gasteiger partial charge in [0.15, 0.2) is 0 Å². The molecule has 1 aliphatic rings. The van der Waals surface area contributed by atoms with E-state index in [1.165, 1.54) is 12.4 Å². The van der Waals surface area contributed by atoms with Crippen LogP contribution in [0.4, 0.5) is 0 Å².